The Labute approximate surface area is 109 Å². The van der Waals surface area contributed by atoms with Crippen molar-refractivity contribution in [2.75, 3.05) is 12.4 Å². The number of benzene rings is 1. The number of anilines is 1. The quantitative estimate of drug-likeness (QED) is 0.752. The second-order valence-electron chi connectivity index (χ2n) is 4.10. The second-order valence-corrected chi connectivity index (χ2v) is 4.10. The van der Waals surface area contributed by atoms with Gasteiger partial charge in [0.1, 0.15) is 11.1 Å². The number of hydrogen-bond acceptors (Lipinski definition) is 5. The van der Waals surface area contributed by atoms with E-state index in [0.717, 1.165) is 16.7 Å². The first-order chi connectivity index (χ1) is 9.28. The first kappa shape index (κ1) is 11.5. The summed E-state index contributed by atoms with van der Waals surface area (Å²) >= 11 is 0. The Bertz CT molecular complexity index is 722. The lowest BCUT2D eigenvalue weighted by Crippen LogP contribution is -1.99. The van der Waals surface area contributed by atoms with Crippen molar-refractivity contribution in [3.8, 4) is 11.6 Å². The fraction of sp³-hybridized carbons (Fsp3) is 0.154. The van der Waals surface area contributed by atoms with E-state index in [1.54, 1.807) is 13.2 Å². The van der Waals surface area contributed by atoms with Crippen LogP contribution in [-0.4, -0.2) is 27.2 Å². The molecular weight excluding hydrogens is 242 g/mol. The average molecular weight is 255 g/mol. The molecule has 0 saturated carbocycles. The Balaban J connectivity index is 2.09. The van der Waals surface area contributed by atoms with Crippen LogP contribution in [0.4, 0.5) is 5.95 Å². The minimum Gasteiger partial charge on any atom is -0.438 e. The van der Waals surface area contributed by atoms with Crippen molar-refractivity contribution in [3.63, 3.8) is 0 Å². The fourth-order valence-electron chi connectivity index (χ4n) is 1.77. The number of fused-ring (bicyclic) bond motifs is 1. The van der Waals surface area contributed by atoms with Crippen molar-refractivity contribution < 1.29 is 4.74 Å². The molecule has 1 aromatic carbocycles. The zero-order valence-corrected chi connectivity index (χ0v) is 10.6. The first-order valence-electron chi connectivity index (χ1n) is 5.90. The first-order valence-corrected chi connectivity index (χ1v) is 5.90. The van der Waals surface area contributed by atoms with Gasteiger partial charge in [-0.25, -0.2) is 0 Å². The molecule has 0 spiro atoms. The molecule has 0 aliphatic carbocycles. The Morgan fingerprint density at radius 2 is 2.05 bits per heavy atom. The summed E-state index contributed by atoms with van der Waals surface area (Å²) in [5, 5.41) is 10.4. The fourth-order valence-corrected chi connectivity index (χ4v) is 1.77. The number of nitrogens with one attached hydrogen (secondary N) is 2. The second kappa shape index (κ2) is 4.56. The van der Waals surface area contributed by atoms with Crippen LogP contribution in [0.15, 0.2) is 30.5 Å². The molecule has 2 aromatic heterocycles. The number of para-hydroxylation sites is 1. The molecular formula is C13H13N5O. The van der Waals surface area contributed by atoms with Crippen LogP contribution < -0.4 is 10.1 Å². The Morgan fingerprint density at radius 1 is 1.21 bits per heavy atom. The highest BCUT2D eigenvalue weighted by Gasteiger charge is 2.11. The van der Waals surface area contributed by atoms with Crippen molar-refractivity contribution >= 4 is 17.0 Å². The van der Waals surface area contributed by atoms with E-state index in [2.05, 4.69) is 25.5 Å². The van der Waals surface area contributed by atoms with Crippen molar-refractivity contribution in [3.05, 3.63) is 36.0 Å². The predicted octanol–water partition coefficient (Wildman–Crippen LogP) is 2.50. The molecule has 19 heavy (non-hydrogen) atoms. The van der Waals surface area contributed by atoms with Gasteiger partial charge in [0.2, 0.25) is 11.8 Å². The van der Waals surface area contributed by atoms with Gasteiger partial charge in [0.15, 0.2) is 5.65 Å². The average Bonchev–Trinajstić information content (AvgIpc) is 2.89. The van der Waals surface area contributed by atoms with Gasteiger partial charge >= 0.3 is 0 Å². The van der Waals surface area contributed by atoms with Crippen LogP contribution in [0, 0.1) is 6.92 Å². The molecule has 0 fully saturated rings. The molecule has 0 aliphatic heterocycles. The molecule has 0 atom stereocenters. The summed E-state index contributed by atoms with van der Waals surface area (Å²) < 4.78 is 5.87. The summed E-state index contributed by atoms with van der Waals surface area (Å²) in [6.45, 7) is 1.99. The van der Waals surface area contributed by atoms with Crippen molar-refractivity contribution in [2.24, 2.45) is 0 Å². The third-order valence-electron chi connectivity index (χ3n) is 2.80. The topological polar surface area (TPSA) is 75.7 Å². The number of rotatable bonds is 3. The van der Waals surface area contributed by atoms with E-state index in [0.29, 0.717) is 17.5 Å². The highest BCUT2D eigenvalue weighted by Crippen LogP contribution is 2.28. The number of nitrogens with zero attached hydrogens (tertiary/aromatic N) is 3. The molecule has 0 radical (unpaired) electrons. The standard InChI is InChI=1S/C13H13N5O/c1-8-5-3-4-6-10(8)19-12-9-7-15-18-11(9)16-13(14-2)17-12/h3-7H,1-2H3,(H2,14,15,16,17,18). The van der Waals surface area contributed by atoms with E-state index in [1.807, 2.05) is 31.2 Å². The maximum absolute atomic E-state index is 5.87. The highest BCUT2D eigenvalue weighted by molar-refractivity contribution is 5.80. The van der Waals surface area contributed by atoms with Gasteiger partial charge in [0.05, 0.1) is 6.20 Å². The maximum Gasteiger partial charge on any atom is 0.235 e. The zero-order chi connectivity index (χ0) is 13.2. The van der Waals surface area contributed by atoms with Crippen LogP contribution in [0.5, 0.6) is 11.6 Å². The van der Waals surface area contributed by atoms with Crippen LogP contribution in [0.25, 0.3) is 11.0 Å². The van der Waals surface area contributed by atoms with Gasteiger partial charge in [-0.15, -0.1) is 0 Å². The minimum atomic E-state index is 0.484. The SMILES string of the molecule is CNc1nc(Oc2ccccc2C)c2cn[nH]c2n1. The summed E-state index contributed by atoms with van der Waals surface area (Å²) in [7, 11) is 1.76. The summed E-state index contributed by atoms with van der Waals surface area (Å²) in [6, 6.07) is 7.79. The third-order valence-corrected chi connectivity index (χ3v) is 2.80. The molecule has 0 bridgehead atoms. The molecule has 6 nitrogen and oxygen atoms in total. The molecule has 0 saturated heterocycles. The van der Waals surface area contributed by atoms with Gasteiger partial charge in [0, 0.05) is 7.05 Å². The lowest BCUT2D eigenvalue weighted by atomic mass is 10.2. The van der Waals surface area contributed by atoms with E-state index >= 15 is 0 Å². The van der Waals surface area contributed by atoms with Crippen LogP contribution >= 0.6 is 0 Å². The number of ether oxygens (including phenoxy) is 1. The van der Waals surface area contributed by atoms with Gasteiger partial charge in [-0.1, -0.05) is 18.2 Å². The van der Waals surface area contributed by atoms with Crippen molar-refractivity contribution in [2.45, 2.75) is 6.92 Å². The molecule has 0 amide bonds. The van der Waals surface area contributed by atoms with Gasteiger partial charge in [-0.05, 0) is 18.6 Å². The molecule has 0 aliphatic rings. The number of aromatic amines is 1. The van der Waals surface area contributed by atoms with Crippen molar-refractivity contribution in [1.82, 2.24) is 20.2 Å². The summed E-state index contributed by atoms with van der Waals surface area (Å²) in [6.07, 6.45) is 1.66. The van der Waals surface area contributed by atoms with Gasteiger partial charge in [0.25, 0.3) is 0 Å². The third kappa shape index (κ3) is 2.08. The van der Waals surface area contributed by atoms with Crippen molar-refractivity contribution in [1.29, 1.82) is 0 Å². The number of aryl methyl sites for hydroxylation is 1. The van der Waals surface area contributed by atoms with Gasteiger partial charge in [-0.2, -0.15) is 15.1 Å². The molecule has 96 valence electrons. The number of H-pyrrole nitrogens is 1. The molecule has 0 unspecified atom stereocenters. The van der Waals surface area contributed by atoms with Crippen LogP contribution in [0.2, 0.25) is 0 Å². The molecule has 2 N–H and O–H groups in total. The zero-order valence-electron chi connectivity index (χ0n) is 10.6. The largest absolute Gasteiger partial charge is 0.438 e. The number of hydrogen-bond donors (Lipinski definition) is 2. The van der Waals surface area contributed by atoms with E-state index in [9.17, 15) is 0 Å². The van der Waals surface area contributed by atoms with E-state index in [-0.39, 0.29) is 0 Å². The molecule has 3 rings (SSSR count). The van der Waals surface area contributed by atoms with E-state index < -0.39 is 0 Å². The number of aromatic nitrogens is 4. The Kier molecular flexibility index (Phi) is 2.75. The summed E-state index contributed by atoms with van der Waals surface area (Å²) in [5.74, 6) is 1.74. The van der Waals surface area contributed by atoms with E-state index in [1.165, 1.54) is 0 Å². The summed E-state index contributed by atoms with van der Waals surface area (Å²) in [5.41, 5.74) is 1.69. The monoisotopic (exact) mass is 255 g/mol. The Morgan fingerprint density at radius 3 is 2.84 bits per heavy atom. The van der Waals surface area contributed by atoms with E-state index in [4.69, 9.17) is 4.74 Å². The lowest BCUT2D eigenvalue weighted by Gasteiger charge is -2.09. The Hall–Kier alpha value is -2.63. The molecule has 3 aromatic rings. The predicted molar refractivity (Wildman–Crippen MR) is 72.5 cm³/mol. The smallest absolute Gasteiger partial charge is 0.235 e. The molecule has 6 heteroatoms. The summed E-state index contributed by atoms with van der Waals surface area (Å²) in [4.78, 5) is 8.58. The van der Waals surface area contributed by atoms with Gasteiger partial charge in [-0.3, -0.25) is 5.10 Å². The maximum atomic E-state index is 5.87. The van der Waals surface area contributed by atoms with Crippen LogP contribution in [0.1, 0.15) is 5.56 Å². The van der Waals surface area contributed by atoms with Gasteiger partial charge < -0.3 is 10.1 Å². The minimum absolute atomic E-state index is 0.484. The van der Waals surface area contributed by atoms with Crippen LogP contribution in [0.3, 0.4) is 0 Å². The highest BCUT2D eigenvalue weighted by atomic mass is 16.5. The lowest BCUT2D eigenvalue weighted by molar-refractivity contribution is 0.465. The normalized spacial score (nSPS) is 10.6. The molecule has 2 heterocycles. The van der Waals surface area contributed by atoms with Crippen LogP contribution in [-0.2, 0) is 0 Å².